The van der Waals surface area contributed by atoms with Crippen LogP contribution in [-0.2, 0) is 38.1 Å². The zero-order valence-corrected chi connectivity index (χ0v) is 26.9. The Morgan fingerprint density at radius 1 is 0.378 bits per heavy atom. The molecular formula is C31H64O14. The van der Waals surface area contributed by atoms with Gasteiger partial charge in [-0.15, -0.1) is 0 Å². The number of hydrogen-bond acceptors (Lipinski definition) is 14. The summed E-state index contributed by atoms with van der Waals surface area (Å²) >= 11 is 0. The first-order chi connectivity index (χ1) is 21.2. The fourth-order valence-corrected chi connectivity index (χ4v) is 2.72. The van der Waals surface area contributed by atoms with Crippen LogP contribution in [0.3, 0.4) is 0 Å². The molecule has 0 aliphatic heterocycles. The molecule has 45 heavy (non-hydrogen) atoms. The summed E-state index contributed by atoms with van der Waals surface area (Å²) in [6, 6.07) is 0. The predicted molar refractivity (Wildman–Crippen MR) is 169 cm³/mol. The molecule has 0 aromatic heterocycles. The van der Waals surface area contributed by atoms with Crippen LogP contribution in [0.5, 0.6) is 0 Å². The van der Waals surface area contributed by atoms with E-state index in [0.29, 0.717) is 25.7 Å². The van der Waals surface area contributed by atoms with E-state index in [4.69, 9.17) is 40.1 Å². The predicted octanol–water partition coefficient (Wildman–Crippen LogP) is 2.21. The summed E-state index contributed by atoms with van der Waals surface area (Å²) in [6.45, 7) is 5.75. The van der Waals surface area contributed by atoms with Gasteiger partial charge in [-0.1, -0.05) is 7.43 Å². The summed E-state index contributed by atoms with van der Waals surface area (Å²) in [7, 11) is 0. The second-order valence-corrected chi connectivity index (χ2v) is 8.99. The Balaban J connectivity index is -0.000000174. The van der Waals surface area contributed by atoms with Crippen molar-refractivity contribution in [3.05, 3.63) is 0 Å². The number of aliphatic hydroxyl groups excluding tert-OH is 6. The van der Waals surface area contributed by atoms with Gasteiger partial charge in [0.2, 0.25) is 0 Å². The number of unbranched alkanes of at least 4 members (excludes halogenated alkanes) is 8. The maximum atomic E-state index is 11.2. The Kier molecular flexibility index (Phi) is 56.3. The van der Waals surface area contributed by atoms with E-state index < -0.39 is 23.9 Å². The van der Waals surface area contributed by atoms with Crippen molar-refractivity contribution in [1.29, 1.82) is 0 Å². The zero-order chi connectivity index (χ0) is 34.1. The van der Waals surface area contributed by atoms with Gasteiger partial charge in [0.1, 0.15) is 12.8 Å². The summed E-state index contributed by atoms with van der Waals surface area (Å²) in [6.07, 6.45) is 8.83. The maximum absolute atomic E-state index is 11.2. The smallest absolute Gasteiger partial charge is 0.317 e. The lowest BCUT2D eigenvalue weighted by Crippen LogP contribution is -2.15. The zero-order valence-electron chi connectivity index (χ0n) is 26.9. The lowest BCUT2D eigenvalue weighted by Gasteiger charge is -2.05. The third-order valence-corrected chi connectivity index (χ3v) is 4.95. The van der Waals surface area contributed by atoms with Gasteiger partial charge in [0, 0.05) is 39.6 Å². The van der Waals surface area contributed by atoms with Crippen molar-refractivity contribution >= 4 is 23.9 Å². The Morgan fingerprint density at radius 2 is 0.600 bits per heavy atom. The van der Waals surface area contributed by atoms with Crippen LogP contribution < -0.4 is 0 Å². The first kappa shape index (κ1) is 52.2. The number of carbonyl (C=O) groups excluding carboxylic acids is 4. The lowest BCUT2D eigenvalue weighted by molar-refractivity contribution is -0.156. The third kappa shape index (κ3) is 57.8. The fourth-order valence-electron chi connectivity index (χ4n) is 2.72. The van der Waals surface area contributed by atoms with E-state index in [1.807, 2.05) is 0 Å². The molecule has 0 amide bonds. The number of carbonyl (C=O) groups is 4. The monoisotopic (exact) mass is 660 g/mol. The molecule has 14 heteroatoms. The van der Waals surface area contributed by atoms with Crippen molar-refractivity contribution in [2.45, 2.75) is 111 Å². The van der Waals surface area contributed by atoms with E-state index in [1.165, 1.54) is 0 Å². The molecule has 272 valence electrons. The number of rotatable bonds is 24. The van der Waals surface area contributed by atoms with Gasteiger partial charge in [0.25, 0.3) is 0 Å². The van der Waals surface area contributed by atoms with Gasteiger partial charge in [-0.3, -0.25) is 19.2 Å². The number of esters is 4. The van der Waals surface area contributed by atoms with Crippen LogP contribution in [0, 0.1) is 0 Å². The van der Waals surface area contributed by atoms with Crippen LogP contribution in [-0.4, -0.2) is 121 Å². The first-order valence-electron chi connectivity index (χ1n) is 15.5. The van der Waals surface area contributed by atoms with Crippen molar-refractivity contribution in [2.75, 3.05) is 66.1 Å². The Labute approximate surface area is 270 Å². The average molecular weight is 661 g/mol. The third-order valence-electron chi connectivity index (χ3n) is 4.95. The van der Waals surface area contributed by atoms with Crippen LogP contribution in [0.2, 0.25) is 0 Å². The highest BCUT2D eigenvalue weighted by molar-refractivity contribution is 5.91. The molecule has 0 radical (unpaired) electrons. The van der Waals surface area contributed by atoms with E-state index in [0.717, 1.165) is 51.4 Å². The van der Waals surface area contributed by atoms with Crippen LogP contribution in [0.1, 0.15) is 111 Å². The highest BCUT2D eigenvalue weighted by Gasteiger charge is 2.12. The summed E-state index contributed by atoms with van der Waals surface area (Å²) < 4.78 is 18.7. The van der Waals surface area contributed by atoms with Crippen molar-refractivity contribution < 1.29 is 68.8 Å². The fraction of sp³-hybridized carbons (Fsp3) is 0.871. The van der Waals surface area contributed by atoms with Crippen molar-refractivity contribution in [1.82, 2.24) is 0 Å². The van der Waals surface area contributed by atoms with Crippen molar-refractivity contribution in [3.8, 4) is 0 Å². The van der Waals surface area contributed by atoms with Crippen LogP contribution in [0.25, 0.3) is 0 Å². The molecule has 0 atom stereocenters. The highest BCUT2D eigenvalue weighted by atomic mass is 16.6. The Bertz CT molecular complexity index is 559. The molecule has 0 aromatic rings. The van der Waals surface area contributed by atoms with Crippen LogP contribution >= 0.6 is 0 Å². The standard InChI is InChI=1S/C13H24O6.C7H12O4.2C5H12O2.CH4/c14-7-3-1-5-9-18-12(16)11-13(17)19-10-6-2-4-8-15;1-3-10-6(8)5-7(9)11-4-2;2*6-4-2-1-3-5-7;/h14-15H,1-11H2;3-5H2,1-2H3;2*6-7H,1-5H2;1H4. The molecule has 0 aromatic carbocycles. The minimum atomic E-state index is -0.579. The molecule has 0 unspecified atom stereocenters. The van der Waals surface area contributed by atoms with Gasteiger partial charge in [0.15, 0.2) is 0 Å². The normalized spacial score (nSPS) is 9.42. The van der Waals surface area contributed by atoms with Crippen LogP contribution in [0.15, 0.2) is 0 Å². The molecule has 14 nitrogen and oxygen atoms in total. The van der Waals surface area contributed by atoms with Gasteiger partial charge >= 0.3 is 23.9 Å². The average Bonchev–Trinajstić information content (AvgIpc) is 2.99. The highest BCUT2D eigenvalue weighted by Crippen LogP contribution is 1.99. The lowest BCUT2D eigenvalue weighted by atomic mass is 10.2. The summed E-state index contributed by atoms with van der Waals surface area (Å²) in [5.41, 5.74) is 0. The molecule has 0 rings (SSSR count). The Hall–Kier alpha value is -2.36. The largest absolute Gasteiger partial charge is 0.466 e. The van der Waals surface area contributed by atoms with Gasteiger partial charge in [0.05, 0.1) is 26.4 Å². The van der Waals surface area contributed by atoms with Gasteiger partial charge in [-0.25, -0.2) is 0 Å². The topological polar surface area (TPSA) is 227 Å². The van der Waals surface area contributed by atoms with Crippen LogP contribution in [0.4, 0.5) is 0 Å². The van der Waals surface area contributed by atoms with Crippen molar-refractivity contribution in [2.24, 2.45) is 0 Å². The minimum absolute atomic E-state index is 0. The quantitative estimate of drug-likeness (QED) is 0.0378. The van der Waals surface area contributed by atoms with Crippen molar-refractivity contribution in [3.63, 3.8) is 0 Å². The van der Waals surface area contributed by atoms with E-state index in [-0.39, 0.29) is 86.3 Å². The van der Waals surface area contributed by atoms with Gasteiger partial charge in [-0.2, -0.15) is 0 Å². The second kappa shape index (κ2) is 48.5. The molecule has 0 saturated carbocycles. The second-order valence-electron chi connectivity index (χ2n) is 8.99. The van der Waals surface area contributed by atoms with E-state index in [1.54, 1.807) is 13.8 Å². The molecule has 6 N–H and O–H groups in total. The maximum Gasteiger partial charge on any atom is 0.317 e. The molecule has 0 aliphatic carbocycles. The molecule has 0 spiro atoms. The number of ether oxygens (including phenoxy) is 4. The van der Waals surface area contributed by atoms with E-state index in [9.17, 15) is 19.2 Å². The first-order valence-corrected chi connectivity index (χ1v) is 15.5. The molecule has 0 bridgehead atoms. The number of aliphatic hydroxyl groups is 6. The SMILES string of the molecule is C.CCOC(=O)CC(=O)OCC.O=C(CC(=O)OCCCCCO)OCCCCCO.OCCCCCO.OCCCCCO. The van der Waals surface area contributed by atoms with Gasteiger partial charge in [-0.05, 0) is 90.9 Å². The molecule has 0 heterocycles. The van der Waals surface area contributed by atoms with Gasteiger partial charge < -0.3 is 49.6 Å². The molecule has 0 fully saturated rings. The van der Waals surface area contributed by atoms with E-state index >= 15 is 0 Å². The molecule has 0 aliphatic rings. The number of hydrogen-bond donors (Lipinski definition) is 6. The summed E-state index contributed by atoms with van der Waals surface area (Å²) in [4.78, 5) is 43.6. The minimum Gasteiger partial charge on any atom is -0.466 e. The van der Waals surface area contributed by atoms with E-state index in [2.05, 4.69) is 9.47 Å². The molecule has 0 saturated heterocycles. The Morgan fingerprint density at radius 3 is 0.822 bits per heavy atom. The summed E-state index contributed by atoms with van der Waals surface area (Å²) in [5.74, 6) is -2.23. The molecular weight excluding hydrogens is 596 g/mol. The summed E-state index contributed by atoms with van der Waals surface area (Å²) in [5, 5.41) is 49.9.